The Labute approximate surface area is 153 Å². The van der Waals surface area contributed by atoms with Gasteiger partial charge in [-0.2, -0.15) is 0 Å². The van der Waals surface area contributed by atoms with E-state index in [4.69, 9.17) is 12.7 Å². The monoisotopic (exact) mass is 398 g/mol. The van der Waals surface area contributed by atoms with E-state index in [1.165, 1.54) is 5.56 Å². The maximum absolute atomic E-state index is 6.54. The molecule has 7 heteroatoms. The van der Waals surface area contributed by atoms with Crippen LogP contribution in [0.5, 0.6) is 0 Å². The Kier molecular flexibility index (Phi) is 7.45. The molecule has 1 aromatic carbocycles. The summed E-state index contributed by atoms with van der Waals surface area (Å²) in [4.78, 5) is 0. The first kappa shape index (κ1) is 21.6. The topological polar surface area (TPSA) is 27.7 Å². The lowest BCUT2D eigenvalue weighted by atomic mass is 10.2. The summed E-state index contributed by atoms with van der Waals surface area (Å²) < 4.78 is 19.5. The van der Waals surface area contributed by atoms with Crippen molar-refractivity contribution in [1.82, 2.24) is 0 Å². The summed E-state index contributed by atoms with van der Waals surface area (Å²) in [6.45, 7) is 19.8. The molecule has 0 radical (unpaired) electrons. The minimum Gasteiger partial charge on any atom is -0.510 e. The number of hydrogen-bond acceptors (Lipinski definition) is 3. The highest BCUT2D eigenvalue weighted by molar-refractivity contribution is 6.85. The van der Waals surface area contributed by atoms with Crippen LogP contribution in [0.15, 0.2) is 35.7 Å². The van der Waals surface area contributed by atoms with Crippen molar-refractivity contribution in [3.8, 4) is 0 Å². The molecule has 0 saturated carbocycles. The maximum atomic E-state index is 6.54. The van der Waals surface area contributed by atoms with Crippen LogP contribution in [-0.2, 0) is 12.7 Å². The fraction of sp³-hybridized carbons (Fsp3) is 0.529. The van der Waals surface area contributed by atoms with Gasteiger partial charge in [-0.3, -0.25) is 0 Å². The zero-order valence-corrected chi connectivity index (χ0v) is 20.9. The molecule has 0 saturated heterocycles. The molecule has 0 atom stereocenters. The predicted octanol–water partition coefficient (Wildman–Crippen LogP) is 5.34. The molecule has 0 aliphatic rings. The van der Waals surface area contributed by atoms with Crippen molar-refractivity contribution in [3.05, 3.63) is 41.3 Å². The zero-order valence-electron chi connectivity index (χ0n) is 16.8. The Bertz CT molecular complexity index is 529. The quantitative estimate of drug-likeness (QED) is 0.437. The molecule has 24 heavy (non-hydrogen) atoms. The van der Waals surface area contributed by atoms with Crippen LogP contribution in [0.25, 0.3) is 6.08 Å². The zero-order chi connectivity index (χ0) is 18.6. The molecule has 0 unspecified atom stereocenters. The van der Waals surface area contributed by atoms with E-state index in [2.05, 4.69) is 89.3 Å². The fourth-order valence-corrected chi connectivity index (χ4v) is 14.8. The van der Waals surface area contributed by atoms with E-state index >= 15 is 0 Å². The Morgan fingerprint density at radius 2 is 1.29 bits per heavy atom. The van der Waals surface area contributed by atoms with Gasteiger partial charge in [0.25, 0.3) is 0 Å². The van der Waals surface area contributed by atoms with E-state index in [-0.39, 0.29) is 0 Å². The first-order chi connectivity index (χ1) is 10.8. The third-order valence-electron chi connectivity index (χ3n) is 2.96. The smallest absolute Gasteiger partial charge is 0.510 e. The first-order valence-corrected chi connectivity index (χ1v) is 20.6. The molecule has 1 rings (SSSR count). The van der Waals surface area contributed by atoms with Gasteiger partial charge in [0.1, 0.15) is 8.80 Å². The van der Waals surface area contributed by atoms with Gasteiger partial charge >= 0.3 is 8.80 Å². The number of hydrogen-bond donors (Lipinski definition) is 0. The molecule has 0 N–H and O–H groups in total. The van der Waals surface area contributed by atoms with Gasteiger partial charge in [-0.1, -0.05) is 43.4 Å². The number of rotatable bonds is 8. The summed E-state index contributed by atoms with van der Waals surface area (Å²) in [5.74, 6) is 0. The van der Waals surface area contributed by atoms with Crippen LogP contribution in [0.1, 0.15) is 5.56 Å². The van der Waals surface area contributed by atoms with Crippen molar-refractivity contribution in [2.45, 2.75) is 58.9 Å². The summed E-state index contributed by atoms with van der Waals surface area (Å²) in [5, 5.41) is 1.08. The van der Waals surface area contributed by atoms with Crippen LogP contribution in [-0.4, -0.2) is 34.2 Å². The van der Waals surface area contributed by atoms with E-state index in [0.29, 0.717) is 0 Å². The lowest BCUT2D eigenvalue weighted by Crippen LogP contribution is -2.55. The minimum atomic E-state index is -2.71. The van der Waals surface area contributed by atoms with E-state index in [0.717, 1.165) is 5.38 Å². The summed E-state index contributed by atoms with van der Waals surface area (Å²) in [6, 6.07) is 10.4. The second kappa shape index (κ2) is 8.28. The van der Waals surface area contributed by atoms with Gasteiger partial charge in [0, 0.05) is 6.55 Å². The third kappa shape index (κ3) is 8.59. The van der Waals surface area contributed by atoms with Crippen molar-refractivity contribution in [3.63, 3.8) is 0 Å². The van der Waals surface area contributed by atoms with Crippen molar-refractivity contribution in [2.75, 3.05) is 0 Å². The minimum absolute atomic E-state index is 1.08. The molecule has 0 heterocycles. The van der Waals surface area contributed by atoms with Gasteiger partial charge in [0.15, 0.2) is 16.6 Å². The third-order valence-corrected chi connectivity index (χ3v) is 13.1. The molecule has 1 aromatic rings. The van der Waals surface area contributed by atoms with Crippen molar-refractivity contribution in [1.29, 1.82) is 0 Å². The molecule has 0 bridgehead atoms. The second-order valence-electron chi connectivity index (χ2n) is 8.51. The summed E-state index contributed by atoms with van der Waals surface area (Å²) in [5.41, 5.74) is 1.17. The molecular weight excluding hydrogens is 365 g/mol. The van der Waals surface area contributed by atoms with E-state index in [9.17, 15) is 0 Å². The Morgan fingerprint density at radius 3 is 1.67 bits per heavy atom. The summed E-state index contributed by atoms with van der Waals surface area (Å²) in [6.07, 6.45) is 2.17. The highest BCUT2D eigenvalue weighted by Crippen LogP contribution is 2.26. The average molecular weight is 399 g/mol. The van der Waals surface area contributed by atoms with E-state index in [1.54, 1.807) is 0 Å². The van der Waals surface area contributed by atoms with Crippen LogP contribution < -0.4 is 0 Å². The molecule has 0 aliphatic heterocycles. The second-order valence-corrected chi connectivity index (χ2v) is 23.4. The predicted molar refractivity (Wildman–Crippen MR) is 115 cm³/mol. The fourth-order valence-electron chi connectivity index (χ4n) is 2.42. The molecule has 3 nitrogen and oxygen atoms in total. The van der Waals surface area contributed by atoms with Crippen LogP contribution in [0.4, 0.5) is 0 Å². The maximum Gasteiger partial charge on any atom is 0.541 e. The summed E-state index contributed by atoms with van der Waals surface area (Å²) in [7, 11) is -7.38. The van der Waals surface area contributed by atoms with Crippen LogP contribution >= 0.6 is 0 Å². The molecule has 0 aromatic heterocycles. The average Bonchev–Trinajstić information content (AvgIpc) is 2.34. The highest BCUT2D eigenvalue weighted by Gasteiger charge is 2.45. The molecule has 136 valence electrons. The Hall–Kier alpha value is -0.452. The molecule has 0 aliphatic carbocycles. The molecular formula is C17H34O3Si4. The first-order valence-electron chi connectivity index (χ1n) is 8.66. The van der Waals surface area contributed by atoms with Crippen LogP contribution in [0.3, 0.4) is 0 Å². The number of benzene rings is 1. The Morgan fingerprint density at radius 1 is 0.833 bits per heavy atom. The van der Waals surface area contributed by atoms with Gasteiger partial charge in [-0.05, 0) is 50.9 Å². The van der Waals surface area contributed by atoms with Gasteiger partial charge in [-0.25, -0.2) is 0 Å². The van der Waals surface area contributed by atoms with Gasteiger partial charge in [-0.15, -0.1) is 0 Å². The normalized spacial score (nSPS) is 14.2. The standard InChI is InChI=1S/C17H34O3Si4/c1-21(2)17(15-16-13-11-10-12-14-16)18-24(9,19-22(3,4)5)20-23(6,7)8/h10-15,21H,1-9H3. The SMILES string of the molecule is C[SiH](C)C(=Cc1ccccc1)O[Si](C)(O[Si](C)(C)C)O[Si](C)(C)C. The Balaban J connectivity index is 3.14. The van der Waals surface area contributed by atoms with Crippen molar-refractivity contribution in [2.24, 2.45) is 0 Å². The van der Waals surface area contributed by atoms with Crippen molar-refractivity contribution >= 4 is 40.3 Å². The summed E-state index contributed by atoms with van der Waals surface area (Å²) >= 11 is 0. The van der Waals surface area contributed by atoms with Crippen molar-refractivity contribution < 1.29 is 12.7 Å². The van der Waals surface area contributed by atoms with Crippen LogP contribution in [0, 0.1) is 0 Å². The molecule has 0 amide bonds. The van der Waals surface area contributed by atoms with E-state index in [1.807, 2.05) is 6.07 Å². The molecule has 0 fully saturated rings. The highest BCUT2D eigenvalue weighted by atomic mass is 28.5. The van der Waals surface area contributed by atoms with Gasteiger partial charge in [0.2, 0.25) is 0 Å². The largest absolute Gasteiger partial charge is 0.541 e. The lowest BCUT2D eigenvalue weighted by molar-refractivity contribution is 0.229. The van der Waals surface area contributed by atoms with Gasteiger partial charge < -0.3 is 12.7 Å². The van der Waals surface area contributed by atoms with Crippen LogP contribution in [0.2, 0.25) is 58.9 Å². The van der Waals surface area contributed by atoms with E-state index < -0.39 is 34.2 Å². The molecule has 0 spiro atoms. The lowest BCUT2D eigenvalue weighted by Gasteiger charge is -2.38. The van der Waals surface area contributed by atoms with Gasteiger partial charge in [0.05, 0.1) is 5.38 Å².